The highest BCUT2D eigenvalue weighted by atomic mass is 16.5. The number of fused-ring (bicyclic) bond motifs is 5. The fourth-order valence-electron chi connectivity index (χ4n) is 8.89. The maximum absolute atomic E-state index is 12.7. The summed E-state index contributed by atoms with van der Waals surface area (Å²) in [4.78, 5) is 12.7. The summed E-state index contributed by atoms with van der Waals surface area (Å²) in [7, 11) is 0. The second-order valence-corrected chi connectivity index (χ2v) is 13.5. The molecule has 2 nitrogen and oxygen atoms in total. The zero-order chi connectivity index (χ0) is 25.5. The van der Waals surface area contributed by atoms with E-state index in [0.717, 1.165) is 42.9 Å². The van der Waals surface area contributed by atoms with Gasteiger partial charge in [-0.3, -0.25) is 0 Å². The minimum atomic E-state index is -0.176. The lowest BCUT2D eigenvalue weighted by molar-refractivity contribution is 0.00572. The van der Waals surface area contributed by atoms with E-state index in [4.69, 9.17) is 4.74 Å². The highest BCUT2D eigenvalue weighted by Crippen LogP contribution is 2.66. The van der Waals surface area contributed by atoms with Gasteiger partial charge < -0.3 is 4.74 Å². The van der Waals surface area contributed by atoms with E-state index < -0.39 is 0 Å². The number of hydrogen-bond acceptors (Lipinski definition) is 2. The van der Waals surface area contributed by atoms with Crippen LogP contribution in [-0.2, 0) is 4.74 Å². The molecule has 0 bridgehead atoms. The Bertz CT molecular complexity index is 1000. The Morgan fingerprint density at radius 1 is 0.944 bits per heavy atom. The fourth-order valence-corrected chi connectivity index (χ4v) is 8.89. The van der Waals surface area contributed by atoms with Gasteiger partial charge >= 0.3 is 5.97 Å². The monoisotopic (exact) mass is 488 g/mol. The number of hydrogen-bond donors (Lipinski definition) is 0. The molecule has 4 aliphatic carbocycles. The lowest BCUT2D eigenvalue weighted by atomic mass is 9.50. The molecule has 0 amide bonds. The summed E-state index contributed by atoms with van der Waals surface area (Å²) < 4.78 is 5.98. The molecule has 1 aromatic carbocycles. The number of ether oxygens (including phenoxy) is 1. The van der Waals surface area contributed by atoms with E-state index in [-0.39, 0.29) is 17.5 Å². The minimum absolute atomic E-state index is 0.00314. The van der Waals surface area contributed by atoms with Gasteiger partial charge in [0.1, 0.15) is 6.10 Å². The second kappa shape index (κ2) is 10.1. The van der Waals surface area contributed by atoms with Crippen LogP contribution in [0.1, 0.15) is 109 Å². The third-order valence-electron chi connectivity index (χ3n) is 11.0. The Morgan fingerprint density at radius 2 is 1.72 bits per heavy atom. The van der Waals surface area contributed by atoms with Crippen LogP contribution in [-0.4, -0.2) is 12.1 Å². The first-order chi connectivity index (χ1) is 17.2. The number of carbonyl (C=O) groups excluding carboxylic acids is 1. The summed E-state index contributed by atoms with van der Waals surface area (Å²) in [6.45, 7) is 12.4. The number of carbonyl (C=O) groups is 1. The molecule has 3 fully saturated rings. The van der Waals surface area contributed by atoms with Crippen molar-refractivity contribution in [3.63, 3.8) is 0 Å². The van der Waals surface area contributed by atoms with Gasteiger partial charge in [0.15, 0.2) is 0 Å². The largest absolute Gasteiger partial charge is 0.458 e. The minimum Gasteiger partial charge on any atom is -0.458 e. The van der Waals surface area contributed by atoms with Crippen LogP contribution in [0.25, 0.3) is 0 Å². The van der Waals surface area contributed by atoms with Gasteiger partial charge in [-0.2, -0.15) is 0 Å². The van der Waals surface area contributed by atoms with Gasteiger partial charge in [-0.1, -0.05) is 95.4 Å². The van der Waals surface area contributed by atoms with Crippen molar-refractivity contribution in [3.8, 4) is 0 Å². The van der Waals surface area contributed by atoms with Crippen molar-refractivity contribution in [2.75, 3.05) is 0 Å². The standard InChI is InChI=1S/C34H48O2/c1-23(2)10-9-11-24(3)29-16-17-30-28-15-14-26-22-27(36-32(35)25-12-7-6-8-13-25)18-20-33(26,4)31(28)19-21-34(29,30)5/h6-8,12-15,23-24,27,29-31H,9-11,16-22H2,1-5H3/t24-,27+,29-,30+,31-,33-,34-/m0/s1. The molecular weight excluding hydrogens is 440 g/mol. The van der Waals surface area contributed by atoms with Crippen LogP contribution in [0, 0.1) is 40.4 Å². The summed E-state index contributed by atoms with van der Waals surface area (Å²) in [6.07, 6.45) is 17.7. The number of esters is 1. The van der Waals surface area contributed by atoms with Crippen LogP contribution in [0.5, 0.6) is 0 Å². The Labute approximate surface area is 220 Å². The maximum atomic E-state index is 12.7. The van der Waals surface area contributed by atoms with Crippen LogP contribution in [0.3, 0.4) is 0 Å². The maximum Gasteiger partial charge on any atom is 0.338 e. The molecule has 4 aliphatic rings. The molecule has 0 N–H and O–H groups in total. The van der Waals surface area contributed by atoms with Crippen LogP contribution in [0.4, 0.5) is 0 Å². The summed E-state index contributed by atoms with van der Waals surface area (Å²) in [5.41, 5.74) is 4.66. The Hall–Kier alpha value is -1.83. The lowest BCUT2D eigenvalue weighted by Gasteiger charge is -2.55. The van der Waals surface area contributed by atoms with Gasteiger partial charge in [0.25, 0.3) is 0 Å². The van der Waals surface area contributed by atoms with E-state index >= 15 is 0 Å². The highest BCUT2D eigenvalue weighted by Gasteiger charge is 2.57. The van der Waals surface area contributed by atoms with Crippen molar-refractivity contribution < 1.29 is 9.53 Å². The van der Waals surface area contributed by atoms with Crippen molar-refractivity contribution in [3.05, 3.63) is 59.2 Å². The van der Waals surface area contributed by atoms with E-state index in [1.165, 1.54) is 50.5 Å². The van der Waals surface area contributed by atoms with Crippen LogP contribution >= 0.6 is 0 Å². The molecule has 7 atom stereocenters. The number of benzene rings is 1. The van der Waals surface area contributed by atoms with E-state index in [2.05, 4.69) is 46.8 Å². The van der Waals surface area contributed by atoms with E-state index in [1.54, 1.807) is 5.57 Å². The summed E-state index contributed by atoms with van der Waals surface area (Å²) >= 11 is 0. The van der Waals surface area contributed by atoms with Crippen LogP contribution < -0.4 is 0 Å². The van der Waals surface area contributed by atoms with Crippen molar-refractivity contribution >= 4 is 5.97 Å². The summed E-state index contributed by atoms with van der Waals surface area (Å²) in [5, 5.41) is 0. The smallest absolute Gasteiger partial charge is 0.338 e. The number of allylic oxidation sites excluding steroid dienone is 3. The topological polar surface area (TPSA) is 26.3 Å². The Kier molecular flexibility index (Phi) is 7.27. The van der Waals surface area contributed by atoms with Gasteiger partial charge in [0, 0.05) is 6.42 Å². The number of rotatable bonds is 7. The molecule has 0 aromatic heterocycles. The predicted octanol–water partition coefficient (Wildman–Crippen LogP) is 9.17. The molecular formula is C34H48O2. The molecule has 0 heterocycles. The SMILES string of the molecule is CC(C)CCC[C@H](C)[C@@H]1CC[C@@H]2C3=CC=C4C[C@H](OC(=O)c5ccccc5)CC[C@]4(C)[C@H]3CC[C@]21C. The van der Waals surface area contributed by atoms with Crippen molar-refractivity contribution in [2.45, 2.75) is 105 Å². The Morgan fingerprint density at radius 3 is 2.47 bits per heavy atom. The summed E-state index contributed by atoms with van der Waals surface area (Å²) in [6, 6.07) is 9.45. The Balaban J connectivity index is 1.29. The van der Waals surface area contributed by atoms with Gasteiger partial charge in [-0.05, 0) is 91.1 Å². The third kappa shape index (κ3) is 4.63. The van der Waals surface area contributed by atoms with E-state index in [0.29, 0.717) is 16.9 Å². The third-order valence-corrected chi connectivity index (χ3v) is 11.0. The van der Waals surface area contributed by atoms with Gasteiger partial charge in [0.05, 0.1) is 5.56 Å². The zero-order valence-corrected chi connectivity index (χ0v) is 23.4. The normalized spacial score (nSPS) is 36.3. The zero-order valence-electron chi connectivity index (χ0n) is 23.4. The molecule has 2 heteroatoms. The fraction of sp³-hybridized carbons (Fsp3) is 0.676. The predicted molar refractivity (Wildman–Crippen MR) is 149 cm³/mol. The highest BCUT2D eigenvalue weighted by molar-refractivity contribution is 5.89. The van der Waals surface area contributed by atoms with Gasteiger partial charge in [0.2, 0.25) is 0 Å². The first-order valence-corrected chi connectivity index (χ1v) is 14.9. The average molecular weight is 489 g/mol. The molecule has 0 saturated heterocycles. The average Bonchev–Trinajstić information content (AvgIpc) is 3.22. The molecule has 0 radical (unpaired) electrons. The van der Waals surface area contributed by atoms with E-state index in [1.807, 2.05) is 30.3 Å². The summed E-state index contributed by atoms with van der Waals surface area (Å²) in [5.74, 6) is 3.81. The van der Waals surface area contributed by atoms with Crippen LogP contribution in [0.15, 0.2) is 53.6 Å². The molecule has 1 aromatic rings. The first kappa shape index (κ1) is 25.8. The molecule has 0 aliphatic heterocycles. The molecule has 0 unspecified atom stereocenters. The van der Waals surface area contributed by atoms with Crippen LogP contribution in [0.2, 0.25) is 0 Å². The molecule has 0 spiro atoms. The molecule has 196 valence electrons. The first-order valence-electron chi connectivity index (χ1n) is 14.9. The lowest BCUT2D eigenvalue weighted by Crippen LogP contribution is -2.46. The molecule has 5 rings (SSSR count). The van der Waals surface area contributed by atoms with E-state index in [9.17, 15) is 4.79 Å². The van der Waals surface area contributed by atoms with Gasteiger partial charge in [-0.25, -0.2) is 4.79 Å². The van der Waals surface area contributed by atoms with Gasteiger partial charge in [-0.15, -0.1) is 0 Å². The quantitative estimate of drug-likeness (QED) is 0.358. The van der Waals surface area contributed by atoms with Crippen molar-refractivity contribution in [2.24, 2.45) is 40.4 Å². The van der Waals surface area contributed by atoms with Crippen molar-refractivity contribution in [1.82, 2.24) is 0 Å². The van der Waals surface area contributed by atoms with Crippen molar-refractivity contribution in [1.29, 1.82) is 0 Å². The molecule has 36 heavy (non-hydrogen) atoms. The second-order valence-electron chi connectivity index (χ2n) is 13.5. The molecule has 3 saturated carbocycles.